The van der Waals surface area contributed by atoms with Gasteiger partial charge in [-0.15, -0.1) is 0 Å². The standard InChI is InChI=1S/C15H16Cl2IN3O/c1-3-4-13(18)15(22)19-14-9(2)8-21(20-14)10-5-6-11(16)12(17)7-10/h3-7,9,13H,8H2,1-2H3,(H,19,20,22)/b4-3-/t9-,13-/m0/s1. The number of hydrogen-bond acceptors (Lipinski definition) is 3. The first-order valence-electron chi connectivity index (χ1n) is 6.81. The Hall–Kier alpha value is -0.790. The lowest BCUT2D eigenvalue weighted by molar-refractivity contribution is -0.118. The van der Waals surface area contributed by atoms with Crippen molar-refractivity contribution >= 4 is 63.2 Å². The predicted molar refractivity (Wildman–Crippen MR) is 101 cm³/mol. The van der Waals surface area contributed by atoms with Crippen LogP contribution in [0.3, 0.4) is 0 Å². The number of halogens is 3. The molecule has 2 atom stereocenters. The molecule has 22 heavy (non-hydrogen) atoms. The van der Waals surface area contributed by atoms with Gasteiger partial charge in [0, 0.05) is 5.92 Å². The summed E-state index contributed by atoms with van der Waals surface area (Å²) in [4.78, 5) is 12.1. The highest BCUT2D eigenvalue weighted by Gasteiger charge is 2.26. The van der Waals surface area contributed by atoms with Crippen LogP contribution in [0.2, 0.25) is 10.0 Å². The van der Waals surface area contributed by atoms with Crippen LogP contribution in [-0.4, -0.2) is 22.2 Å². The number of amides is 1. The van der Waals surface area contributed by atoms with Crippen LogP contribution in [0.1, 0.15) is 13.8 Å². The zero-order chi connectivity index (χ0) is 16.3. The third kappa shape index (κ3) is 4.14. The van der Waals surface area contributed by atoms with Crippen molar-refractivity contribution < 1.29 is 4.79 Å². The van der Waals surface area contributed by atoms with E-state index in [0.717, 1.165) is 5.69 Å². The fourth-order valence-corrected chi connectivity index (χ4v) is 2.89. The monoisotopic (exact) mass is 451 g/mol. The Bertz CT molecular complexity index is 633. The van der Waals surface area contributed by atoms with Crippen molar-refractivity contribution in [1.82, 2.24) is 5.32 Å². The second-order valence-corrected chi connectivity index (χ2v) is 7.14. The molecule has 0 radical (unpaired) electrons. The van der Waals surface area contributed by atoms with Gasteiger partial charge in [0.15, 0.2) is 0 Å². The summed E-state index contributed by atoms with van der Waals surface area (Å²) in [7, 11) is 0. The van der Waals surface area contributed by atoms with Crippen LogP contribution in [0.5, 0.6) is 0 Å². The van der Waals surface area contributed by atoms with E-state index in [1.54, 1.807) is 12.1 Å². The maximum Gasteiger partial charge on any atom is 0.242 e. The fourth-order valence-electron chi connectivity index (χ4n) is 2.02. The lowest BCUT2D eigenvalue weighted by Crippen LogP contribution is -2.37. The van der Waals surface area contributed by atoms with Gasteiger partial charge in [-0.25, -0.2) is 0 Å². The van der Waals surface area contributed by atoms with Gasteiger partial charge in [-0.2, -0.15) is 5.10 Å². The van der Waals surface area contributed by atoms with E-state index >= 15 is 0 Å². The zero-order valence-corrected chi connectivity index (χ0v) is 15.9. The van der Waals surface area contributed by atoms with Gasteiger partial charge in [0.05, 0.1) is 22.3 Å². The van der Waals surface area contributed by atoms with E-state index < -0.39 is 0 Å². The van der Waals surface area contributed by atoms with Gasteiger partial charge in [-0.05, 0) is 25.1 Å². The van der Waals surface area contributed by atoms with Crippen molar-refractivity contribution in [3.05, 3.63) is 40.4 Å². The quantitative estimate of drug-likeness (QED) is 0.424. The Morgan fingerprint density at radius 2 is 2.23 bits per heavy atom. The number of alkyl halides is 1. The van der Waals surface area contributed by atoms with Gasteiger partial charge in [0.1, 0.15) is 9.76 Å². The maximum absolute atomic E-state index is 12.1. The smallest absolute Gasteiger partial charge is 0.242 e. The summed E-state index contributed by atoms with van der Waals surface area (Å²) < 4.78 is -0.212. The summed E-state index contributed by atoms with van der Waals surface area (Å²) in [5, 5.41) is 10.2. The minimum atomic E-state index is -0.212. The van der Waals surface area contributed by atoms with Gasteiger partial charge in [-0.1, -0.05) is 64.9 Å². The number of benzene rings is 1. The van der Waals surface area contributed by atoms with Crippen molar-refractivity contribution in [2.24, 2.45) is 11.0 Å². The van der Waals surface area contributed by atoms with E-state index in [0.29, 0.717) is 22.4 Å². The lowest BCUT2D eigenvalue weighted by atomic mass is 10.1. The molecule has 118 valence electrons. The molecule has 1 aromatic rings. The van der Waals surface area contributed by atoms with Gasteiger partial charge in [0.25, 0.3) is 0 Å². The molecule has 0 unspecified atom stereocenters. The van der Waals surface area contributed by atoms with Crippen molar-refractivity contribution in [1.29, 1.82) is 0 Å². The molecule has 0 bridgehead atoms. The Kier molecular flexibility index (Phi) is 6.11. The molecule has 0 fully saturated rings. The van der Waals surface area contributed by atoms with Gasteiger partial charge >= 0.3 is 0 Å². The fraction of sp³-hybridized carbons (Fsp3) is 0.333. The van der Waals surface area contributed by atoms with E-state index in [1.165, 1.54) is 0 Å². The third-order valence-corrected chi connectivity index (χ3v) is 4.93. The SMILES string of the molecule is C/C=C\[C@H](I)C(=O)NC1=NN(c2ccc(Cl)c(Cl)c2)C[C@@H]1C. The van der Waals surface area contributed by atoms with Crippen LogP contribution in [0.25, 0.3) is 0 Å². The Morgan fingerprint density at radius 3 is 2.86 bits per heavy atom. The molecule has 1 heterocycles. The Morgan fingerprint density at radius 1 is 1.50 bits per heavy atom. The molecule has 4 nitrogen and oxygen atoms in total. The number of hydrazone groups is 1. The third-order valence-electron chi connectivity index (χ3n) is 3.21. The van der Waals surface area contributed by atoms with Crippen LogP contribution < -0.4 is 10.3 Å². The van der Waals surface area contributed by atoms with E-state index in [4.69, 9.17) is 23.2 Å². The molecule has 1 N–H and O–H groups in total. The summed E-state index contributed by atoms with van der Waals surface area (Å²) in [6.45, 7) is 4.60. The first kappa shape index (κ1) is 17.6. The second-order valence-electron chi connectivity index (χ2n) is 4.98. The van der Waals surface area contributed by atoms with Crippen molar-refractivity contribution in [2.75, 3.05) is 11.6 Å². The number of nitrogens with zero attached hydrogens (tertiary/aromatic N) is 2. The molecule has 1 aromatic carbocycles. The molecule has 0 saturated carbocycles. The summed E-state index contributed by atoms with van der Waals surface area (Å²) >= 11 is 14.1. The molecule has 1 aliphatic rings. The topological polar surface area (TPSA) is 44.7 Å². The highest BCUT2D eigenvalue weighted by Crippen LogP contribution is 2.29. The largest absolute Gasteiger partial charge is 0.311 e. The molecule has 0 aliphatic carbocycles. The molecule has 1 amide bonds. The summed E-state index contributed by atoms with van der Waals surface area (Å²) in [5.74, 6) is 0.732. The molecular weight excluding hydrogens is 436 g/mol. The summed E-state index contributed by atoms with van der Waals surface area (Å²) in [6, 6.07) is 5.37. The number of amidine groups is 1. The molecule has 0 saturated heterocycles. The Balaban J connectivity index is 2.13. The number of carbonyl (C=O) groups excluding carboxylic acids is 1. The zero-order valence-electron chi connectivity index (χ0n) is 12.2. The minimum Gasteiger partial charge on any atom is -0.311 e. The van der Waals surface area contributed by atoms with E-state index in [1.807, 2.05) is 37.1 Å². The van der Waals surface area contributed by atoms with Crippen LogP contribution in [0, 0.1) is 5.92 Å². The average Bonchev–Trinajstić information content (AvgIpc) is 2.83. The number of allylic oxidation sites excluding steroid dienone is 1. The number of anilines is 1. The summed E-state index contributed by atoms with van der Waals surface area (Å²) in [5.41, 5.74) is 0.852. The van der Waals surface area contributed by atoms with Crippen molar-refractivity contribution in [3.63, 3.8) is 0 Å². The van der Waals surface area contributed by atoms with Crippen LogP contribution in [-0.2, 0) is 4.79 Å². The van der Waals surface area contributed by atoms with Crippen LogP contribution in [0.15, 0.2) is 35.5 Å². The predicted octanol–water partition coefficient (Wildman–Crippen LogP) is 4.26. The average molecular weight is 452 g/mol. The first-order valence-corrected chi connectivity index (χ1v) is 8.81. The molecular formula is C15H16Cl2IN3O. The van der Waals surface area contributed by atoms with Gasteiger partial charge in [-0.3, -0.25) is 9.80 Å². The van der Waals surface area contributed by atoms with Crippen LogP contribution in [0.4, 0.5) is 5.69 Å². The van der Waals surface area contributed by atoms with Crippen LogP contribution >= 0.6 is 45.8 Å². The van der Waals surface area contributed by atoms with Crippen molar-refractivity contribution in [2.45, 2.75) is 17.8 Å². The maximum atomic E-state index is 12.1. The highest BCUT2D eigenvalue weighted by atomic mass is 127. The normalized spacial score (nSPS) is 19.4. The minimum absolute atomic E-state index is 0.0692. The first-order chi connectivity index (χ1) is 10.4. The van der Waals surface area contributed by atoms with E-state index in [9.17, 15) is 4.79 Å². The van der Waals surface area contributed by atoms with E-state index in [2.05, 4.69) is 33.0 Å². The Labute approximate surface area is 153 Å². The van der Waals surface area contributed by atoms with Gasteiger partial charge < -0.3 is 5.32 Å². The van der Waals surface area contributed by atoms with Gasteiger partial charge in [0.2, 0.25) is 5.91 Å². The number of nitrogens with one attached hydrogen (secondary N) is 1. The second kappa shape index (κ2) is 7.66. The summed E-state index contributed by atoms with van der Waals surface area (Å²) in [6.07, 6.45) is 3.70. The molecule has 0 spiro atoms. The molecule has 1 aliphatic heterocycles. The molecule has 7 heteroatoms. The molecule has 0 aromatic heterocycles. The number of hydrogen-bond donors (Lipinski definition) is 1. The molecule has 2 rings (SSSR count). The highest BCUT2D eigenvalue weighted by molar-refractivity contribution is 14.1. The number of carbonyl (C=O) groups is 1. The lowest BCUT2D eigenvalue weighted by Gasteiger charge is -2.14. The number of rotatable bonds is 3. The van der Waals surface area contributed by atoms with Crippen molar-refractivity contribution in [3.8, 4) is 0 Å². The van der Waals surface area contributed by atoms with E-state index in [-0.39, 0.29) is 15.7 Å².